The molecule has 0 radical (unpaired) electrons. The Balaban J connectivity index is 2.55. The molecule has 2 rings (SSSR count). The van der Waals surface area contributed by atoms with Gasteiger partial charge < -0.3 is 14.3 Å². The van der Waals surface area contributed by atoms with Gasteiger partial charge in [-0.3, -0.25) is 0 Å². The molecule has 94 valence electrons. The van der Waals surface area contributed by atoms with Crippen molar-refractivity contribution in [3.05, 3.63) is 28.5 Å². The first-order chi connectivity index (χ1) is 8.69. The van der Waals surface area contributed by atoms with Gasteiger partial charge in [-0.25, -0.2) is 0 Å². The number of benzene rings is 1. The highest BCUT2D eigenvalue weighted by molar-refractivity contribution is 7.71. The number of hydrogen-bond donors (Lipinski definition) is 1. The number of methoxy groups -OCH3 is 1. The van der Waals surface area contributed by atoms with E-state index in [0.717, 1.165) is 17.5 Å². The van der Waals surface area contributed by atoms with Crippen LogP contribution in [0.5, 0.6) is 0 Å². The lowest BCUT2D eigenvalue weighted by atomic mass is 10.2. The third kappa shape index (κ3) is 2.17. The molecule has 1 aromatic heterocycles. The monoisotopic (exact) mass is 261 g/mol. The topological polar surface area (TPSA) is 53.7 Å². The van der Waals surface area contributed by atoms with Crippen molar-refractivity contribution in [3.63, 3.8) is 0 Å². The Hall–Kier alpha value is -1.64. The van der Waals surface area contributed by atoms with Gasteiger partial charge in [0.1, 0.15) is 6.07 Å². The number of imidazole rings is 1. The summed E-state index contributed by atoms with van der Waals surface area (Å²) in [5.74, 6) is 0. The van der Waals surface area contributed by atoms with Gasteiger partial charge in [0.05, 0.1) is 16.6 Å². The van der Waals surface area contributed by atoms with Crippen LogP contribution in [0.1, 0.15) is 24.9 Å². The number of rotatable bonds is 4. The molecule has 0 aliphatic rings. The first-order valence-corrected chi connectivity index (χ1v) is 6.22. The van der Waals surface area contributed by atoms with E-state index in [9.17, 15) is 0 Å². The van der Waals surface area contributed by atoms with Crippen LogP contribution in [0.4, 0.5) is 0 Å². The Bertz CT molecular complexity index is 650. The Morgan fingerprint density at radius 3 is 3.00 bits per heavy atom. The summed E-state index contributed by atoms with van der Waals surface area (Å²) in [6.45, 7) is 2.79. The zero-order valence-corrected chi connectivity index (χ0v) is 11.3. The number of nitrogens with zero attached hydrogens (tertiary/aromatic N) is 2. The minimum atomic E-state index is 0.236. The number of ether oxygens (including phenoxy) is 1. The molecule has 0 saturated heterocycles. The number of nitrogens with one attached hydrogen (secondary N) is 1. The molecule has 1 unspecified atom stereocenters. The Kier molecular flexibility index (Phi) is 3.80. The van der Waals surface area contributed by atoms with Crippen molar-refractivity contribution in [1.82, 2.24) is 9.55 Å². The molecule has 0 bridgehead atoms. The van der Waals surface area contributed by atoms with Crippen LogP contribution in [0.2, 0.25) is 0 Å². The fraction of sp³-hybridized carbons (Fsp3) is 0.385. The smallest absolute Gasteiger partial charge is 0.178 e. The van der Waals surface area contributed by atoms with Gasteiger partial charge in [0.15, 0.2) is 4.77 Å². The average Bonchev–Trinajstić information content (AvgIpc) is 2.71. The van der Waals surface area contributed by atoms with Crippen molar-refractivity contribution >= 4 is 23.3 Å². The van der Waals surface area contributed by atoms with Gasteiger partial charge >= 0.3 is 0 Å². The van der Waals surface area contributed by atoms with Crippen molar-refractivity contribution in [2.45, 2.75) is 19.4 Å². The van der Waals surface area contributed by atoms with E-state index in [-0.39, 0.29) is 6.04 Å². The number of H-pyrrole nitrogens is 1. The van der Waals surface area contributed by atoms with Crippen LogP contribution in [-0.4, -0.2) is 23.3 Å². The maximum atomic E-state index is 9.08. The van der Waals surface area contributed by atoms with Crippen LogP contribution in [0.3, 0.4) is 0 Å². The Labute approximate surface area is 111 Å². The molecule has 18 heavy (non-hydrogen) atoms. The summed E-state index contributed by atoms with van der Waals surface area (Å²) in [5.41, 5.74) is 2.41. The molecule has 0 spiro atoms. The lowest BCUT2D eigenvalue weighted by molar-refractivity contribution is 0.181. The van der Waals surface area contributed by atoms with E-state index in [1.807, 2.05) is 16.7 Å². The van der Waals surface area contributed by atoms with Crippen LogP contribution in [-0.2, 0) is 4.74 Å². The fourth-order valence-corrected chi connectivity index (χ4v) is 2.48. The third-order valence-electron chi connectivity index (χ3n) is 3.05. The summed E-state index contributed by atoms with van der Waals surface area (Å²) < 4.78 is 7.79. The molecule has 4 nitrogen and oxygen atoms in total. The van der Waals surface area contributed by atoms with E-state index < -0.39 is 0 Å². The van der Waals surface area contributed by atoms with Gasteiger partial charge in [-0.15, -0.1) is 0 Å². The van der Waals surface area contributed by atoms with Gasteiger partial charge in [-0.05, 0) is 37.7 Å². The Morgan fingerprint density at radius 1 is 1.56 bits per heavy atom. The van der Waals surface area contributed by atoms with Gasteiger partial charge in [0, 0.05) is 19.8 Å². The highest BCUT2D eigenvalue weighted by atomic mass is 32.1. The molecule has 0 aliphatic carbocycles. The lowest BCUT2D eigenvalue weighted by Gasteiger charge is -2.13. The summed E-state index contributed by atoms with van der Waals surface area (Å²) in [6.07, 6.45) is 0.883. The van der Waals surface area contributed by atoms with Gasteiger partial charge in [-0.1, -0.05) is 6.07 Å². The van der Waals surface area contributed by atoms with E-state index in [1.165, 1.54) is 0 Å². The quantitative estimate of drug-likeness (QED) is 0.860. The number of fused-ring (bicyclic) bond motifs is 1. The second-order valence-electron chi connectivity index (χ2n) is 4.24. The molecule has 0 aliphatic heterocycles. The summed E-state index contributed by atoms with van der Waals surface area (Å²) in [5, 5.41) is 9.08. The predicted molar refractivity (Wildman–Crippen MR) is 73.0 cm³/mol. The molecule has 0 saturated carbocycles. The number of hydrogen-bond acceptors (Lipinski definition) is 3. The predicted octanol–water partition coefficient (Wildman–Crippen LogP) is 3.17. The molecule has 0 fully saturated rings. The second-order valence-corrected chi connectivity index (χ2v) is 4.63. The zero-order chi connectivity index (χ0) is 13.1. The van der Waals surface area contributed by atoms with Crippen LogP contribution < -0.4 is 0 Å². The number of aromatic amines is 1. The molecule has 1 heterocycles. The van der Waals surface area contributed by atoms with Gasteiger partial charge in [-0.2, -0.15) is 5.26 Å². The molecule has 1 N–H and O–H groups in total. The number of aromatic nitrogens is 2. The fourth-order valence-electron chi connectivity index (χ4n) is 2.10. The van der Waals surface area contributed by atoms with E-state index in [4.69, 9.17) is 22.2 Å². The largest absolute Gasteiger partial charge is 0.385 e. The van der Waals surface area contributed by atoms with E-state index >= 15 is 0 Å². The van der Waals surface area contributed by atoms with Crippen LogP contribution in [0.15, 0.2) is 18.2 Å². The van der Waals surface area contributed by atoms with Crippen molar-refractivity contribution in [1.29, 1.82) is 5.26 Å². The normalized spacial score (nSPS) is 12.5. The highest BCUT2D eigenvalue weighted by Gasteiger charge is 2.12. The molecule has 2 aromatic rings. The zero-order valence-electron chi connectivity index (χ0n) is 10.4. The standard InChI is InChI=1S/C13H15N3OS/c1-9(6-7-17-2)16-11-5-3-4-10(8-14)12(11)15-13(16)18/h3-5,9H,6-7H2,1-2H3,(H,15,18). The van der Waals surface area contributed by atoms with Crippen molar-refractivity contribution in [2.24, 2.45) is 0 Å². The molecule has 1 aromatic carbocycles. The summed E-state index contributed by atoms with van der Waals surface area (Å²) in [4.78, 5) is 3.12. The van der Waals surface area contributed by atoms with Crippen molar-refractivity contribution < 1.29 is 4.74 Å². The summed E-state index contributed by atoms with van der Waals surface area (Å²) in [6, 6.07) is 8.06. The Morgan fingerprint density at radius 2 is 2.33 bits per heavy atom. The molecular weight excluding hydrogens is 246 g/mol. The van der Waals surface area contributed by atoms with Crippen molar-refractivity contribution in [2.75, 3.05) is 13.7 Å². The average molecular weight is 261 g/mol. The number of para-hydroxylation sites is 1. The van der Waals surface area contributed by atoms with Crippen molar-refractivity contribution in [3.8, 4) is 6.07 Å². The summed E-state index contributed by atoms with van der Waals surface area (Å²) >= 11 is 5.34. The van der Waals surface area contributed by atoms with Gasteiger partial charge in [0.2, 0.25) is 0 Å². The maximum absolute atomic E-state index is 9.08. The SMILES string of the molecule is COCCC(C)n1c(=S)[nH]c2c(C#N)cccc21. The minimum absolute atomic E-state index is 0.236. The summed E-state index contributed by atoms with van der Waals surface area (Å²) in [7, 11) is 1.69. The van der Waals surface area contributed by atoms with Crippen LogP contribution >= 0.6 is 12.2 Å². The first-order valence-electron chi connectivity index (χ1n) is 5.81. The molecule has 1 atom stereocenters. The first kappa shape index (κ1) is 12.8. The third-order valence-corrected chi connectivity index (χ3v) is 3.35. The van der Waals surface area contributed by atoms with E-state index in [0.29, 0.717) is 16.9 Å². The molecular formula is C13H15N3OS. The van der Waals surface area contributed by atoms with E-state index in [2.05, 4.69) is 18.0 Å². The maximum Gasteiger partial charge on any atom is 0.178 e. The van der Waals surface area contributed by atoms with Gasteiger partial charge in [0.25, 0.3) is 0 Å². The van der Waals surface area contributed by atoms with Crippen LogP contribution in [0.25, 0.3) is 11.0 Å². The lowest BCUT2D eigenvalue weighted by Crippen LogP contribution is -2.07. The molecule has 5 heteroatoms. The molecule has 0 amide bonds. The second kappa shape index (κ2) is 5.34. The number of nitriles is 1. The minimum Gasteiger partial charge on any atom is -0.385 e. The highest BCUT2D eigenvalue weighted by Crippen LogP contribution is 2.23. The van der Waals surface area contributed by atoms with E-state index in [1.54, 1.807) is 13.2 Å². The van der Waals surface area contributed by atoms with Crippen LogP contribution in [0, 0.1) is 16.1 Å².